The third kappa shape index (κ3) is 5.30. The van der Waals surface area contributed by atoms with Crippen molar-refractivity contribution in [2.75, 3.05) is 10.6 Å². The number of nitrogens with two attached hydrogens (primary N) is 1. The number of aryl methyl sites for hydroxylation is 2. The maximum atomic E-state index is 12.4. The fraction of sp³-hybridized carbons (Fsp3) is 0.304. The maximum Gasteiger partial charge on any atom is 0.238 e. The van der Waals surface area contributed by atoms with Gasteiger partial charge in [-0.15, -0.1) is 0 Å². The van der Waals surface area contributed by atoms with E-state index < -0.39 is 20.0 Å². The molecule has 1 saturated carbocycles. The van der Waals surface area contributed by atoms with E-state index in [0.717, 1.165) is 48.1 Å². The van der Waals surface area contributed by atoms with Gasteiger partial charge >= 0.3 is 0 Å². The van der Waals surface area contributed by atoms with Crippen LogP contribution in [0.3, 0.4) is 0 Å². The summed E-state index contributed by atoms with van der Waals surface area (Å²) in [6, 6.07) is 11.7. The number of hydrogen-bond donors (Lipinski definition) is 4. The lowest BCUT2D eigenvalue weighted by molar-refractivity contribution is 0.553. The van der Waals surface area contributed by atoms with Crippen molar-refractivity contribution >= 4 is 43.2 Å². The monoisotopic (exact) mass is 514 g/mol. The summed E-state index contributed by atoms with van der Waals surface area (Å²) in [5.74, 6) is 0.925. The minimum absolute atomic E-state index is 0.0270. The highest BCUT2D eigenvalue weighted by Crippen LogP contribution is 2.36. The van der Waals surface area contributed by atoms with Crippen LogP contribution in [0.4, 0.5) is 23.1 Å². The number of nitrogens with one attached hydrogen (secondary N) is 3. The van der Waals surface area contributed by atoms with E-state index in [-0.39, 0.29) is 16.2 Å². The lowest BCUT2D eigenvalue weighted by Gasteiger charge is -2.16. The standard InChI is InChI=1S/C23H26N6O4S2/c1-14-13-25-23(28-22(14)26-16-5-7-18(8-6-16)34(24,30)31)27-17-4-2-15-3-11-21(20(15)12-17)29-35(32,33)19-9-10-19/h2,4-8,12-13,19,21,29H,3,9-11H2,1H3,(H2,24,30,31)(H2,25,26,27,28). The molecule has 1 atom stereocenters. The largest absolute Gasteiger partial charge is 0.340 e. The molecule has 0 bridgehead atoms. The van der Waals surface area contributed by atoms with Gasteiger partial charge in [-0.3, -0.25) is 0 Å². The van der Waals surface area contributed by atoms with Gasteiger partial charge in [0.15, 0.2) is 0 Å². The highest BCUT2D eigenvalue weighted by Gasteiger charge is 2.38. The van der Waals surface area contributed by atoms with E-state index in [9.17, 15) is 16.8 Å². The second-order valence-electron chi connectivity index (χ2n) is 8.91. The zero-order valence-electron chi connectivity index (χ0n) is 19.0. The van der Waals surface area contributed by atoms with Crippen molar-refractivity contribution in [3.63, 3.8) is 0 Å². The summed E-state index contributed by atoms with van der Waals surface area (Å²) in [6.07, 6.45) is 4.70. The van der Waals surface area contributed by atoms with Crippen molar-refractivity contribution in [2.24, 2.45) is 5.14 Å². The SMILES string of the molecule is Cc1cnc(Nc2ccc3c(c2)C(NS(=O)(=O)C2CC2)CC3)nc1Nc1ccc(S(N)(=O)=O)cc1. The second-order valence-corrected chi connectivity index (χ2v) is 12.5. The van der Waals surface area contributed by atoms with E-state index >= 15 is 0 Å². The lowest BCUT2D eigenvalue weighted by Crippen LogP contribution is -2.30. The van der Waals surface area contributed by atoms with Crippen LogP contribution in [-0.2, 0) is 26.5 Å². The van der Waals surface area contributed by atoms with Crippen molar-refractivity contribution in [1.29, 1.82) is 0 Å². The smallest absolute Gasteiger partial charge is 0.238 e. The van der Waals surface area contributed by atoms with E-state index in [2.05, 4.69) is 25.3 Å². The molecular weight excluding hydrogens is 488 g/mol. The Labute approximate surface area is 204 Å². The molecule has 10 nitrogen and oxygen atoms in total. The molecule has 0 amide bonds. The van der Waals surface area contributed by atoms with Gasteiger partial charge < -0.3 is 10.6 Å². The zero-order valence-corrected chi connectivity index (χ0v) is 20.7. The molecule has 1 aromatic heterocycles. The first-order chi connectivity index (χ1) is 16.6. The number of rotatable bonds is 8. The Morgan fingerprint density at radius 3 is 2.34 bits per heavy atom. The fourth-order valence-corrected chi connectivity index (χ4v) is 6.20. The third-order valence-electron chi connectivity index (χ3n) is 6.17. The molecule has 5 N–H and O–H groups in total. The molecule has 0 aliphatic heterocycles. The Morgan fingerprint density at radius 1 is 0.943 bits per heavy atom. The summed E-state index contributed by atoms with van der Waals surface area (Å²) in [7, 11) is -7.04. The molecule has 1 fully saturated rings. The molecular formula is C23H26N6O4S2. The van der Waals surface area contributed by atoms with Gasteiger partial charge in [-0.2, -0.15) is 4.98 Å². The van der Waals surface area contributed by atoms with Crippen LogP contribution in [0, 0.1) is 6.92 Å². The van der Waals surface area contributed by atoms with Gasteiger partial charge in [-0.05, 0) is 80.1 Å². The second kappa shape index (κ2) is 8.86. The Hall–Kier alpha value is -3.06. The Morgan fingerprint density at radius 2 is 1.66 bits per heavy atom. The van der Waals surface area contributed by atoms with E-state index in [1.807, 2.05) is 25.1 Å². The van der Waals surface area contributed by atoms with Gasteiger partial charge in [0.05, 0.1) is 10.1 Å². The van der Waals surface area contributed by atoms with Crippen molar-refractivity contribution in [3.8, 4) is 0 Å². The van der Waals surface area contributed by atoms with E-state index in [0.29, 0.717) is 17.5 Å². The number of sulfonamides is 2. The summed E-state index contributed by atoms with van der Waals surface area (Å²) in [5.41, 5.74) is 4.31. The number of hydrogen-bond acceptors (Lipinski definition) is 8. The first kappa shape index (κ1) is 23.7. The van der Waals surface area contributed by atoms with Crippen LogP contribution in [0.25, 0.3) is 0 Å². The average molecular weight is 515 g/mol. The van der Waals surface area contributed by atoms with Gasteiger partial charge in [0.25, 0.3) is 0 Å². The van der Waals surface area contributed by atoms with Gasteiger partial charge in [0.2, 0.25) is 26.0 Å². The van der Waals surface area contributed by atoms with Crippen LogP contribution in [-0.4, -0.2) is 32.1 Å². The molecule has 0 spiro atoms. The summed E-state index contributed by atoms with van der Waals surface area (Å²) >= 11 is 0. The number of anilines is 4. The molecule has 2 aliphatic carbocycles. The molecule has 5 rings (SSSR count). The molecule has 184 valence electrons. The number of aromatic nitrogens is 2. The number of primary sulfonamides is 1. The maximum absolute atomic E-state index is 12.4. The first-order valence-corrected chi connectivity index (χ1v) is 14.3. The van der Waals surface area contributed by atoms with Gasteiger partial charge in [-0.25, -0.2) is 31.7 Å². The number of fused-ring (bicyclic) bond motifs is 1. The van der Waals surface area contributed by atoms with Crippen LogP contribution >= 0.6 is 0 Å². The highest BCUT2D eigenvalue weighted by molar-refractivity contribution is 7.90. The number of nitrogens with zero attached hydrogens (tertiary/aromatic N) is 2. The molecule has 12 heteroatoms. The fourth-order valence-electron chi connectivity index (χ4n) is 4.10. The normalized spacial score (nSPS) is 17.7. The van der Waals surface area contributed by atoms with Crippen LogP contribution in [0.15, 0.2) is 53.6 Å². The average Bonchev–Trinajstić information content (AvgIpc) is 3.60. The van der Waals surface area contributed by atoms with Crippen LogP contribution in [0.2, 0.25) is 0 Å². The Kier molecular flexibility index (Phi) is 5.99. The predicted molar refractivity (Wildman–Crippen MR) is 134 cm³/mol. The predicted octanol–water partition coefficient (Wildman–Crippen LogP) is 2.99. The van der Waals surface area contributed by atoms with Gasteiger partial charge in [0, 0.05) is 29.2 Å². The minimum Gasteiger partial charge on any atom is -0.340 e. The molecule has 1 unspecified atom stereocenters. The molecule has 0 radical (unpaired) electrons. The molecule has 35 heavy (non-hydrogen) atoms. The summed E-state index contributed by atoms with van der Waals surface area (Å²) in [6.45, 7) is 1.86. The van der Waals surface area contributed by atoms with E-state index in [4.69, 9.17) is 5.14 Å². The molecule has 3 aromatic rings. The molecule has 2 aliphatic rings. The van der Waals surface area contributed by atoms with Crippen molar-refractivity contribution in [1.82, 2.24) is 14.7 Å². The van der Waals surface area contributed by atoms with Gasteiger partial charge in [0.1, 0.15) is 5.82 Å². The van der Waals surface area contributed by atoms with Crippen molar-refractivity contribution < 1.29 is 16.8 Å². The van der Waals surface area contributed by atoms with E-state index in [1.165, 1.54) is 12.1 Å². The summed E-state index contributed by atoms with van der Waals surface area (Å²) in [4.78, 5) is 8.93. The van der Waals surface area contributed by atoms with Crippen LogP contribution < -0.4 is 20.5 Å². The lowest BCUT2D eigenvalue weighted by atomic mass is 10.1. The minimum atomic E-state index is -3.76. The summed E-state index contributed by atoms with van der Waals surface area (Å²) in [5, 5.41) is 11.3. The van der Waals surface area contributed by atoms with Crippen molar-refractivity contribution in [2.45, 2.75) is 48.8 Å². The Balaban J connectivity index is 1.33. The van der Waals surface area contributed by atoms with E-state index in [1.54, 1.807) is 18.3 Å². The molecule has 0 saturated heterocycles. The zero-order chi connectivity index (χ0) is 24.8. The van der Waals surface area contributed by atoms with Crippen molar-refractivity contribution in [3.05, 3.63) is 65.4 Å². The quantitative estimate of drug-likeness (QED) is 0.357. The molecule has 2 aromatic carbocycles. The topological polar surface area (TPSA) is 156 Å². The molecule has 1 heterocycles. The van der Waals surface area contributed by atoms with Gasteiger partial charge in [-0.1, -0.05) is 6.07 Å². The van der Waals surface area contributed by atoms with Crippen LogP contribution in [0.1, 0.15) is 42.0 Å². The first-order valence-electron chi connectivity index (χ1n) is 11.2. The number of benzene rings is 2. The summed E-state index contributed by atoms with van der Waals surface area (Å²) < 4.78 is 50.7. The highest BCUT2D eigenvalue weighted by atomic mass is 32.2. The third-order valence-corrected chi connectivity index (χ3v) is 9.06. The van der Waals surface area contributed by atoms with Crippen LogP contribution in [0.5, 0.6) is 0 Å². The Bertz CT molecular complexity index is 1490.